The Balaban J connectivity index is 0.000000174. The second-order valence-electron chi connectivity index (χ2n) is 18.3. The molecule has 0 fully saturated rings. The highest BCUT2D eigenvalue weighted by Gasteiger charge is 2.42. The minimum Gasteiger partial charge on any atom is -0.350 e. The van der Waals surface area contributed by atoms with Crippen LogP contribution < -0.4 is 19.2 Å². The van der Waals surface area contributed by atoms with Gasteiger partial charge < -0.3 is 10.6 Å². The van der Waals surface area contributed by atoms with Gasteiger partial charge in [0.1, 0.15) is 0 Å². The number of carbonyl (C=O) groups is 2. The SMILES string of the molecule is Cc1ccc(S(=O)(=O)N2c3c(ccc4ccccc34)C[C@@H]2CC(=O)N[C@H](C)c2ccccc2)cc1.Cc1ccc(S(=O)(=O)N2c3c(ccc4ccccc34)C[C@@H]2CC(=O)N[C@H](C)c2ccccc2)cc1. The lowest BCUT2D eigenvalue weighted by atomic mass is 10.0. The third kappa shape index (κ3) is 9.79. The van der Waals surface area contributed by atoms with Gasteiger partial charge in [-0.15, -0.1) is 0 Å². The maximum absolute atomic E-state index is 14.0. The third-order valence-corrected chi connectivity index (χ3v) is 17.1. The average molecular weight is 969 g/mol. The lowest BCUT2D eigenvalue weighted by Crippen LogP contribution is -2.41. The summed E-state index contributed by atoms with van der Waals surface area (Å²) < 4.78 is 58.9. The van der Waals surface area contributed by atoms with Crippen molar-refractivity contribution in [1.82, 2.24) is 10.6 Å². The second kappa shape index (κ2) is 20.0. The number of fused-ring (bicyclic) bond motifs is 6. The first-order valence-electron chi connectivity index (χ1n) is 23.6. The van der Waals surface area contributed by atoms with Crippen molar-refractivity contribution in [2.24, 2.45) is 0 Å². The van der Waals surface area contributed by atoms with Crippen LogP contribution in [0.25, 0.3) is 21.5 Å². The van der Waals surface area contributed by atoms with Crippen molar-refractivity contribution >= 4 is 64.8 Å². The minimum absolute atomic E-state index is 0.0747. The van der Waals surface area contributed by atoms with E-state index in [1.165, 1.54) is 8.61 Å². The Labute approximate surface area is 411 Å². The summed E-state index contributed by atoms with van der Waals surface area (Å²) in [4.78, 5) is 26.7. The van der Waals surface area contributed by atoms with Crippen molar-refractivity contribution in [3.8, 4) is 0 Å². The van der Waals surface area contributed by atoms with Crippen LogP contribution in [0.3, 0.4) is 0 Å². The summed E-state index contributed by atoms with van der Waals surface area (Å²) in [5.41, 5.74) is 7.22. The maximum Gasteiger partial charge on any atom is 0.264 e. The number of benzene rings is 8. The lowest BCUT2D eigenvalue weighted by Gasteiger charge is -2.28. The van der Waals surface area contributed by atoms with Gasteiger partial charge in [-0.05, 0) is 97.8 Å². The van der Waals surface area contributed by atoms with Crippen LogP contribution >= 0.6 is 0 Å². The summed E-state index contributed by atoms with van der Waals surface area (Å²) in [6.45, 7) is 7.72. The molecule has 0 aliphatic carbocycles. The summed E-state index contributed by atoms with van der Waals surface area (Å²) >= 11 is 0. The van der Waals surface area contributed by atoms with Gasteiger partial charge in [-0.25, -0.2) is 16.8 Å². The average Bonchev–Trinajstić information content (AvgIpc) is 3.94. The first-order chi connectivity index (χ1) is 33.7. The summed E-state index contributed by atoms with van der Waals surface area (Å²) in [6, 6.07) is 55.5. The Morgan fingerprint density at radius 2 is 0.814 bits per heavy atom. The van der Waals surface area contributed by atoms with E-state index in [1.54, 1.807) is 48.5 Å². The summed E-state index contributed by atoms with van der Waals surface area (Å²) in [5.74, 6) is -0.347. The highest BCUT2D eigenvalue weighted by Crippen LogP contribution is 2.44. The molecule has 2 amide bonds. The zero-order valence-electron chi connectivity index (χ0n) is 39.6. The molecule has 70 heavy (non-hydrogen) atoms. The predicted molar refractivity (Wildman–Crippen MR) is 280 cm³/mol. The number of nitrogens with zero attached hydrogens (tertiary/aromatic N) is 2. The Morgan fingerprint density at radius 1 is 0.471 bits per heavy atom. The molecule has 0 saturated heterocycles. The van der Waals surface area contributed by atoms with Crippen LogP contribution in [0.2, 0.25) is 0 Å². The van der Waals surface area contributed by atoms with Gasteiger partial charge in [0.2, 0.25) is 11.8 Å². The first kappa shape index (κ1) is 47.8. The molecular formula is C58H56N4O6S2. The van der Waals surface area contributed by atoms with Crippen LogP contribution in [0.5, 0.6) is 0 Å². The summed E-state index contributed by atoms with van der Waals surface area (Å²) in [6.07, 6.45) is 1.12. The van der Waals surface area contributed by atoms with Gasteiger partial charge in [0, 0.05) is 23.6 Å². The fraction of sp³-hybridized carbons (Fsp3) is 0.207. The minimum atomic E-state index is -3.88. The van der Waals surface area contributed by atoms with E-state index in [0.717, 1.165) is 54.9 Å². The number of carbonyl (C=O) groups excluding carboxylic acids is 2. The second-order valence-corrected chi connectivity index (χ2v) is 22.0. The van der Waals surface area contributed by atoms with Gasteiger partial charge in [-0.2, -0.15) is 0 Å². The van der Waals surface area contributed by atoms with Gasteiger partial charge in [0.05, 0.1) is 45.3 Å². The standard InChI is InChI=1S/2C29H28N2O3S/c2*1-20-12-16-26(17-13-20)35(33,34)31-25(19-28(32)30-21(2)22-8-4-3-5-9-22)18-24-15-14-23-10-6-7-11-27(23)29(24)31/h2*3-17,21,25H,18-19H2,1-2H3,(H,30,32)/t2*21-,25-/m11/s1. The number of hydrogen-bond donors (Lipinski definition) is 2. The van der Waals surface area contributed by atoms with Gasteiger partial charge in [-0.1, -0.05) is 169 Å². The molecule has 2 aliphatic heterocycles. The molecule has 0 unspecified atom stereocenters. The molecule has 10 rings (SSSR count). The summed E-state index contributed by atoms with van der Waals surface area (Å²) in [7, 11) is -7.76. The maximum atomic E-state index is 14.0. The van der Waals surface area contributed by atoms with Gasteiger partial charge in [-0.3, -0.25) is 18.2 Å². The number of rotatable bonds is 12. The van der Waals surface area contributed by atoms with E-state index in [-0.39, 0.29) is 46.5 Å². The zero-order chi connectivity index (χ0) is 49.2. The molecule has 2 N–H and O–H groups in total. The van der Waals surface area contributed by atoms with Crippen molar-refractivity contribution in [2.75, 3.05) is 8.61 Å². The highest BCUT2D eigenvalue weighted by atomic mass is 32.2. The Hall–Kier alpha value is -7.28. The molecule has 356 valence electrons. The van der Waals surface area contributed by atoms with Crippen LogP contribution in [0, 0.1) is 13.8 Å². The molecule has 8 aromatic rings. The molecule has 0 radical (unpaired) electrons. The predicted octanol–water partition coefficient (Wildman–Crippen LogP) is 11.1. The van der Waals surface area contributed by atoms with Crippen molar-refractivity contribution in [1.29, 1.82) is 0 Å². The number of nitrogens with one attached hydrogen (secondary N) is 2. The quantitative estimate of drug-likeness (QED) is 0.125. The van der Waals surface area contributed by atoms with E-state index >= 15 is 0 Å². The third-order valence-electron chi connectivity index (χ3n) is 13.3. The fourth-order valence-electron chi connectivity index (χ4n) is 9.76. The van der Waals surface area contributed by atoms with Gasteiger partial charge in [0.25, 0.3) is 20.0 Å². The number of sulfonamides is 2. The molecule has 2 heterocycles. The highest BCUT2D eigenvalue weighted by molar-refractivity contribution is 7.93. The fourth-order valence-corrected chi connectivity index (χ4v) is 13.2. The number of aryl methyl sites for hydroxylation is 2. The lowest BCUT2D eigenvalue weighted by molar-refractivity contribution is -0.122. The van der Waals surface area contributed by atoms with E-state index in [9.17, 15) is 26.4 Å². The van der Waals surface area contributed by atoms with Crippen LogP contribution in [-0.2, 0) is 42.5 Å². The first-order valence-corrected chi connectivity index (χ1v) is 26.5. The molecule has 10 nitrogen and oxygen atoms in total. The van der Waals surface area contributed by atoms with Crippen molar-refractivity contribution in [3.05, 3.63) is 215 Å². The van der Waals surface area contributed by atoms with E-state index in [2.05, 4.69) is 10.6 Å². The summed E-state index contributed by atoms with van der Waals surface area (Å²) in [5, 5.41) is 9.78. The van der Waals surface area contributed by atoms with Crippen LogP contribution in [0.1, 0.15) is 72.2 Å². The molecule has 0 aromatic heterocycles. The van der Waals surface area contributed by atoms with Crippen LogP contribution in [0.4, 0.5) is 11.4 Å². The molecule has 2 aliphatic rings. The number of hydrogen-bond acceptors (Lipinski definition) is 6. The Bertz CT molecular complexity index is 3190. The van der Waals surface area contributed by atoms with E-state index < -0.39 is 32.1 Å². The Morgan fingerprint density at radius 3 is 1.19 bits per heavy atom. The van der Waals surface area contributed by atoms with Crippen molar-refractivity contribution < 1.29 is 26.4 Å². The molecule has 0 bridgehead atoms. The molecule has 8 aromatic carbocycles. The molecule has 12 heteroatoms. The Kier molecular flexibility index (Phi) is 13.6. The molecular weight excluding hydrogens is 913 g/mol. The van der Waals surface area contributed by atoms with E-state index in [4.69, 9.17) is 0 Å². The van der Waals surface area contributed by atoms with Crippen LogP contribution in [0.15, 0.2) is 192 Å². The van der Waals surface area contributed by atoms with Gasteiger partial charge >= 0.3 is 0 Å². The van der Waals surface area contributed by atoms with Crippen molar-refractivity contribution in [2.45, 2.75) is 87.3 Å². The molecule has 0 spiro atoms. The van der Waals surface area contributed by atoms with Gasteiger partial charge in [0.15, 0.2) is 0 Å². The number of amides is 2. The largest absolute Gasteiger partial charge is 0.350 e. The zero-order valence-corrected chi connectivity index (χ0v) is 41.3. The number of anilines is 2. The molecule has 0 saturated carbocycles. The van der Waals surface area contributed by atoms with E-state index in [0.29, 0.717) is 24.2 Å². The normalized spacial score (nSPS) is 16.2. The topological polar surface area (TPSA) is 133 Å². The van der Waals surface area contributed by atoms with E-state index in [1.807, 2.05) is 161 Å². The smallest absolute Gasteiger partial charge is 0.264 e. The van der Waals surface area contributed by atoms with Crippen molar-refractivity contribution in [3.63, 3.8) is 0 Å². The molecule has 4 atom stereocenters. The monoisotopic (exact) mass is 968 g/mol. The van der Waals surface area contributed by atoms with Crippen LogP contribution in [-0.4, -0.2) is 40.7 Å².